The van der Waals surface area contributed by atoms with E-state index in [1.165, 1.54) is 15.6 Å². The van der Waals surface area contributed by atoms with Gasteiger partial charge >= 0.3 is 0 Å². The van der Waals surface area contributed by atoms with Gasteiger partial charge in [0.05, 0.1) is 18.4 Å². The van der Waals surface area contributed by atoms with E-state index in [1.54, 1.807) is 20.9 Å². The quantitative estimate of drug-likeness (QED) is 0.208. The molecule has 14 nitrogen and oxygen atoms in total. The summed E-state index contributed by atoms with van der Waals surface area (Å²) in [7, 11) is 1.63. The molecule has 6 N–H and O–H groups in total. The third kappa shape index (κ3) is 4.66. The number of rotatable bonds is 7. The lowest BCUT2D eigenvalue weighted by Gasteiger charge is -2.37. The first-order valence-corrected chi connectivity index (χ1v) is 10.7. The second kappa shape index (κ2) is 9.39. The van der Waals surface area contributed by atoms with Crippen LogP contribution in [0.2, 0.25) is 0 Å². The highest BCUT2D eigenvalue weighted by molar-refractivity contribution is 4.98. The lowest BCUT2D eigenvalue weighted by Crippen LogP contribution is -2.63. The van der Waals surface area contributed by atoms with Crippen molar-refractivity contribution in [2.45, 2.75) is 87.6 Å². The number of hydrogen-bond acceptors (Lipinski definition) is 12. The van der Waals surface area contributed by atoms with E-state index in [2.05, 4.69) is 5.21 Å². The van der Waals surface area contributed by atoms with Gasteiger partial charge in [0.25, 0.3) is 6.23 Å². The molecule has 4 heterocycles. The van der Waals surface area contributed by atoms with Gasteiger partial charge in [-0.1, -0.05) is 0 Å². The fourth-order valence-corrected chi connectivity index (χ4v) is 4.32. The molecule has 188 valence electrons. The van der Waals surface area contributed by atoms with Gasteiger partial charge in [0.1, 0.15) is 56.4 Å². The van der Waals surface area contributed by atoms with Crippen molar-refractivity contribution >= 4 is 0 Å². The Morgan fingerprint density at radius 1 is 1.15 bits per heavy atom. The van der Waals surface area contributed by atoms with Crippen LogP contribution in [0.3, 0.4) is 0 Å². The van der Waals surface area contributed by atoms with E-state index in [-0.39, 0.29) is 6.61 Å². The highest BCUT2D eigenvalue weighted by atomic mass is 16.8. The van der Waals surface area contributed by atoms with Crippen molar-refractivity contribution in [1.82, 2.24) is 9.90 Å². The molecule has 3 aliphatic rings. The van der Waals surface area contributed by atoms with E-state index >= 15 is 0 Å². The van der Waals surface area contributed by atoms with Crippen LogP contribution in [-0.2, 0) is 37.3 Å². The average Bonchev–Trinajstić information content (AvgIpc) is 3.39. The van der Waals surface area contributed by atoms with E-state index in [0.29, 0.717) is 5.69 Å². The SMILES string of the molecule is Cn1n[n+]([C@@H]2O[C@H](CO)[C@@H](O)[C@H](O)[C@H]2O)cc1CO[C@@H]1[C@H]2OC(C)(C)O[C@H]2O[C@@H]1[C@H](O)CO. The Kier molecular flexibility index (Phi) is 7.06. The van der Waals surface area contributed by atoms with Crippen molar-refractivity contribution in [3.8, 4) is 0 Å². The minimum Gasteiger partial charge on any atom is -0.394 e. The molecule has 4 rings (SSSR count). The second-order valence-corrected chi connectivity index (χ2v) is 8.93. The van der Waals surface area contributed by atoms with Crippen LogP contribution in [0.15, 0.2) is 6.20 Å². The predicted octanol–water partition coefficient (Wildman–Crippen LogP) is -4.21. The van der Waals surface area contributed by atoms with Crippen LogP contribution in [0.25, 0.3) is 0 Å². The smallest absolute Gasteiger partial charge is 0.253 e. The minimum atomic E-state index is -1.54. The van der Waals surface area contributed by atoms with Crippen LogP contribution in [0.1, 0.15) is 25.8 Å². The fraction of sp³-hybridized carbons (Fsp3) is 0.895. The number of ether oxygens (including phenoxy) is 5. The van der Waals surface area contributed by atoms with Crippen molar-refractivity contribution in [3.05, 3.63) is 11.9 Å². The largest absolute Gasteiger partial charge is 0.394 e. The van der Waals surface area contributed by atoms with E-state index in [4.69, 9.17) is 23.7 Å². The third-order valence-corrected chi connectivity index (χ3v) is 6.08. The molecule has 0 saturated carbocycles. The van der Waals surface area contributed by atoms with Crippen LogP contribution in [0.4, 0.5) is 0 Å². The first kappa shape index (κ1) is 24.8. The summed E-state index contributed by atoms with van der Waals surface area (Å²) in [6, 6.07) is 0. The van der Waals surface area contributed by atoms with Crippen molar-refractivity contribution in [3.63, 3.8) is 0 Å². The first-order chi connectivity index (χ1) is 15.6. The summed E-state index contributed by atoms with van der Waals surface area (Å²) >= 11 is 0. The molecule has 3 fully saturated rings. The normalized spacial score (nSPS) is 41.3. The number of hydrogen-bond donors (Lipinski definition) is 6. The van der Waals surface area contributed by atoms with Gasteiger partial charge in [0, 0.05) is 0 Å². The molecule has 10 atom stereocenters. The average molecular weight is 478 g/mol. The molecular weight excluding hydrogens is 446 g/mol. The Balaban J connectivity index is 1.48. The lowest BCUT2D eigenvalue weighted by atomic mass is 9.98. The summed E-state index contributed by atoms with van der Waals surface area (Å²) in [5.74, 6) is -0.898. The van der Waals surface area contributed by atoms with Gasteiger partial charge in [-0.3, -0.25) is 0 Å². The summed E-state index contributed by atoms with van der Waals surface area (Å²) < 4.78 is 31.5. The summed E-state index contributed by atoms with van der Waals surface area (Å²) in [6.45, 7) is 2.36. The van der Waals surface area contributed by atoms with Gasteiger partial charge in [0.15, 0.2) is 30.1 Å². The minimum absolute atomic E-state index is 0.0103. The second-order valence-electron chi connectivity index (χ2n) is 8.93. The molecule has 0 spiro atoms. The van der Waals surface area contributed by atoms with Crippen LogP contribution < -0.4 is 4.68 Å². The van der Waals surface area contributed by atoms with Crippen LogP contribution >= 0.6 is 0 Å². The van der Waals surface area contributed by atoms with Crippen molar-refractivity contribution in [1.29, 1.82) is 0 Å². The van der Waals surface area contributed by atoms with Gasteiger partial charge < -0.3 is 54.3 Å². The molecule has 1 aromatic heterocycles. The fourth-order valence-electron chi connectivity index (χ4n) is 4.32. The van der Waals surface area contributed by atoms with Crippen molar-refractivity contribution in [2.24, 2.45) is 7.05 Å². The highest BCUT2D eigenvalue weighted by Gasteiger charge is 2.57. The number of nitrogens with zero attached hydrogens (tertiary/aromatic N) is 3. The molecule has 0 aromatic carbocycles. The molecule has 1 aromatic rings. The summed E-state index contributed by atoms with van der Waals surface area (Å²) in [5, 5.41) is 63.5. The molecule has 0 bridgehead atoms. The van der Waals surface area contributed by atoms with Gasteiger partial charge in [-0.25, -0.2) is 0 Å². The number of aryl methyl sites for hydroxylation is 1. The Labute approximate surface area is 189 Å². The standard InChI is InChI=1S/C19H32N3O11/c1-19(2)32-16-15(14(9(25)5-23)31-18(16)33-19)29-7-8-4-22(20-21(8)3)17-13(28)12(27)11(26)10(6-24)30-17/h4,9-18,23-28H,5-7H2,1-3H3/q+1/t9-,10-,11-,12+,13-,14-,15+,16-,17-,18-/m1/s1. The maximum Gasteiger partial charge on any atom is 0.253 e. The third-order valence-electron chi connectivity index (χ3n) is 6.08. The summed E-state index contributed by atoms with van der Waals surface area (Å²) in [5.41, 5.74) is 0.533. The Bertz CT molecular complexity index is 821. The molecule has 14 heteroatoms. The molecule has 3 aliphatic heterocycles. The first-order valence-electron chi connectivity index (χ1n) is 10.7. The van der Waals surface area contributed by atoms with Crippen LogP contribution in [0.5, 0.6) is 0 Å². The molecule has 0 radical (unpaired) electrons. The van der Waals surface area contributed by atoms with E-state index in [1.807, 2.05) is 0 Å². The maximum atomic E-state index is 10.3. The number of aliphatic hydroxyl groups is 6. The maximum absolute atomic E-state index is 10.3. The number of aromatic nitrogens is 3. The zero-order chi connectivity index (χ0) is 24.1. The van der Waals surface area contributed by atoms with Gasteiger partial charge in [-0.05, 0) is 13.8 Å². The zero-order valence-electron chi connectivity index (χ0n) is 18.5. The highest BCUT2D eigenvalue weighted by Crippen LogP contribution is 2.40. The van der Waals surface area contributed by atoms with Crippen molar-refractivity contribution in [2.75, 3.05) is 13.2 Å². The van der Waals surface area contributed by atoms with Gasteiger partial charge in [0.2, 0.25) is 0 Å². The molecule has 33 heavy (non-hydrogen) atoms. The Morgan fingerprint density at radius 3 is 2.55 bits per heavy atom. The number of fused-ring (bicyclic) bond motifs is 1. The molecule has 0 unspecified atom stereocenters. The van der Waals surface area contributed by atoms with Gasteiger partial charge in [-0.15, -0.1) is 9.36 Å². The van der Waals surface area contributed by atoms with E-state index in [0.717, 1.165) is 0 Å². The van der Waals surface area contributed by atoms with E-state index < -0.39 is 80.4 Å². The summed E-state index contributed by atoms with van der Waals surface area (Å²) in [4.78, 5) is 0. The molecule has 0 amide bonds. The van der Waals surface area contributed by atoms with Crippen molar-refractivity contribution < 1.29 is 59.0 Å². The van der Waals surface area contributed by atoms with Crippen LogP contribution in [-0.4, -0.2) is 115 Å². The summed E-state index contributed by atoms with van der Waals surface area (Å²) in [6.07, 6.45) is -9.44. The zero-order valence-corrected chi connectivity index (χ0v) is 18.5. The Hall–Kier alpha value is -1.30. The monoisotopic (exact) mass is 478 g/mol. The van der Waals surface area contributed by atoms with Crippen LogP contribution in [0, 0.1) is 0 Å². The molecule has 3 saturated heterocycles. The van der Waals surface area contributed by atoms with E-state index in [9.17, 15) is 30.6 Å². The lowest BCUT2D eigenvalue weighted by molar-refractivity contribution is -0.826. The molecular formula is C19H32N3O11+. The molecule has 0 aliphatic carbocycles. The van der Waals surface area contributed by atoms with Gasteiger partial charge in [-0.2, -0.15) is 0 Å². The topological polar surface area (TPSA) is 189 Å². The Morgan fingerprint density at radius 2 is 1.88 bits per heavy atom. The number of aliphatic hydroxyl groups excluding tert-OH is 6. The predicted molar refractivity (Wildman–Crippen MR) is 103 cm³/mol.